The van der Waals surface area contributed by atoms with Crippen molar-refractivity contribution < 1.29 is 14.3 Å². The Balaban J connectivity index is 2.05. The molecule has 1 amide bonds. The molecule has 0 saturated heterocycles. The maximum atomic E-state index is 12.2. The summed E-state index contributed by atoms with van der Waals surface area (Å²) < 4.78 is 5.31. The van der Waals surface area contributed by atoms with Gasteiger partial charge in [-0.25, -0.2) is 4.79 Å². The fraction of sp³-hybridized carbons (Fsp3) is 0.680. The van der Waals surface area contributed by atoms with Crippen LogP contribution < -0.4 is 5.32 Å². The Morgan fingerprint density at radius 3 is 1.86 bits per heavy atom. The second kappa shape index (κ2) is 16.0. The predicted molar refractivity (Wildman–Crippen MR) is 120 cm³/mol. The molecule has 0 aliphatic heterocycles. The molecule has 4 nitrogen and oxygen atoms in total. The highest BCUT2D eigenvalue weighted by molar-refractivity contribution is 5.96. The number of benzene rings is 1. The van der Waals surface area contributed by atoms with Crippen molar-refractivity contribution in [3.05, 3.63) is 35.4 Å². The van der Waals surface area contributed by atoms with Gasteiger partial charge >= 0.3 is 5.97 Å². The molecule has 1 aromatic rings. The van der Waals surface area contributed by atoms with Gasteiger partial charge in [-0.2, -0.15) is 0 Å². The van der Waals surface area contributed by atoms with E-state index in [9.17, 15) is 9.59 Å². The van der Waals surface area contributed by atoms with E-state index in [1.807, 2.05) is 12.1 Å². The lowest BCUT2D eigenvalue weighted by atomic mass is 10.1. The Kier molecular flexibility index (Phi) is 13.9. The third-order valence-corrected chi connectivity index (χ3v) is 5.32. The van der Waals surface area contributed by atoms with Crippen molar-refractivity contribution in [1.82, 2.24) is 5.32 Å². The predicted octanol–water partition coefficient (Wildman–Crippen LogP) is 6.22. The van der Waals surface area contributed by atoms with Gasteiger partial charge in [-0.3, -0.25) is 4.79 Å². The highest BCUT2D eigenvalue weighted by Gasteiger charge is 2.17. The maximum Gasteiger partial charge on any atom is 0.328 e. The Morgan fingerprint density at radius 1 is 0.828 bits per heavy atom. The molecule has 0 aromatic heterocycles. The highest BCUT2D eigenvalue weighted by Crippen LogP contribution is 2.11. The lowest BCUT2D eigenvalue weighted by Gasteiger charge is -2.13. The smallest absolute Gasteiger partial charge is 0.328 e. The molecule has 0 saturated carbocycles. The van der Waals surface area contributed by atoms with E-state index in [1.54, 1.807) is 19.1 Å². The molecule has 0 fully saturated rings. The molecule has 29 heavy (non-hydrogen) atoms. The molecular formula is C25H41NO3. The molecule has 0 bridgehead atoms. The summed E-state index contributed by atoms with van der Waals surface area (Å²) in [5.74, 6) is -0.609. The van der Waals surface area contributed by atoms with E-state index in [1.165, 1.54) is 63.4 Å². The van der Waals surface area contributed by atoms with Gasteiger partial charge in [0.05, 0.1) is 6.61 Å². The van der Waals surface area contributed by atoms with Crippen LogP contribution in [-0.4, -0.2) is 24.5 Å². The molecule has 0 spiro atoms. The van der Waals surface area contributed by atoms with E-state index in [0.717, 1.165) is 19.3 Å². The monoisotopic (exact) mass is 403 g/mol. The van der Waals surface area contributed by atoms with E-state index in [0.29, 0.717) is 12.2 Å². The first-order valence-corrected chi connectivity index (χ1v) is 11.6. The summed E-state index contributed by atoms with van der Waals surface area (Å²) in [6, 6.07) is 6.81. The number of esters is 1. The first-order chi connectivity index (χ1) is 14.1. The van der Waals surface area contributed by atoms with Crippen LogP contribution in [0.5, 0.6) is 0 Å². The maximum absolute atomic E-state index is 12.2. The number of unbranched alkanes of at least 4 members (excludes halogenated alkanes) is 10. The summed E-state index contributed by atoms with van der Waals surface area (Å²) in [5.41, 5.74) is 1.74. The zero-order valence-corrected chi connectivity index (χ0v) is 18.8. The molecule has 0 aliphatic rings. The average Bonchev–Trinajstić information content (AvgIpc) is 2.74. The number of aryl methyl sites for hydroxylation is 1. The fourth-order valence-corrected chi connectivity index (χ4v) is 3.29. The Hall–Kier alpha value is -1.84. The van der Waals surface area contributed by atoms with Crippen molar-refractivity contribution in [2.75, 3.05) is 6.61 Å². The lowest BCUT2D eigenvalue weighted by Crippen LogP contribution is -2.39. The second-order valence-electron chi connectivity index (χ2n) is 7.95. The summed E-state index contributed by atoms with van der Waals surface area (Å²) in [6.45, 7) is 6.42. The molecular weight excluding hydrogens is 362 g/mol. The first kappa shape index (κ1) is 25.2. The summed E-state index contributed by atoms with van der Waals surface area (Å²) in [5, 5.41) is 2.71. The summed E-state index contributed by atoms with van der Waals surface area (Å²) in [7, 11) is 0. The fourth-order valence-electron chi connectivity index (χ4n) is 3.29. The highest BCUT2D eigenvalue weighted by atomic mass is 16.5. The Bertz CT molecular complexity index is 568. The van der Waals surface area contributed by atoms with Crippen molar-refractivity contribution in [3.63, 3.8) is 0 Å². The molecule has 1 rings (SSSR count). The van der Waals surface area contributed by atoms with E-state index < -0.39 is 6.04 Å². The molecule has 164 valence electrons. The molecule has 4 heteroatoms. The Labute approximate surface area is 177 Å². The zero-order chi connectivity index (χ0) is 21.3. The minimum absolute atomic E-state index is 0.244. The van der Waals surface area contributed by atoms with Crippen molar-refractivity contribution in [2.24, 2.45) is 0 Å². The number of nitrogens with one attached hydrogen (secondary N) is 1. The van der Waals surface area contributed by atoms with Gasteiger partial charge < -0.3 is 10.1 Å². The van der Waals surface area contributed by atoms with Crippen LogP contribution in [0, 0.1) is 0 Å². The number of carbonyl (C=O) groups is 2. The number of hydrogen-bond acceptors (Lipinski definition) is 3. The van der Waals surface area contributed by atoms with Gasteiger partial charge in [0.25, 0.3) is 5.91 Å². The number of amides is 1. The van der Waals surface area contributed by atoms with Crippen molar-refractivity contribution >= 4 is 11.9 Å². The third-order valence-electron chi connectivity index (χ3n) is 5.32. The first-order valence-electron chi connectivity index (χ1n) is 11.6. The standard InChI is InChI=1S/C25H41NO3/c1-4-6-7-8-9-10-11-12-13-14-15-20-29-25(28)21(3)26-24(27)23-18-16-22(5-2)17-19-23/h16-19,21H,4-15,20H2,1-3H3,(H,26,27). The van der Waals surface area contributed by atoms with Crippen LogP contribution in [0.15, 0.2) is 24.3 Å². The zero-order valence-electron chi connectivity index (χ0n) is 18.8. The van der Waals surface area contributed by atoms with E-state index in [4.69, 9.17) is 4.74 Å². The van der Waals surface area contributed by atoms with Gasteiger partial charge in [0.1, 0.15) is 6.04 Å². The quantitative estimate of drug-likeness (QED) is 0.263. The van der Waals surface area contributed by atoms with Crippen LogP contribution in [0.1, 0.15) is 107 Å². The second-order valence-corrected chi connectivity index (χ2v) is 7.95. The van der Waals surface area contributed by atoms with E-state index >= 15 is 0 Å². The molecule has 1 N–H and O–H groups in total. The molecule has 0 aliphatic carbocycles. The molecule has 0 radical (unpaired) electrons. The minimum Gasteiger partial charge on any atom is -0.464 e. The van der Waals surface area contributed by atoms with Gasteiger partial charge in [0, 0.05) is 5.56 Å². The average molecular weight is 404 g/mol. The summed E-state index contributed by atoms with van der Waals surface area (Å²) >= 11 is 0. The minimum atomic E-state index is -0.638. The lowest BCUT2D eigenvalue weighted by molar-refractivity contribution is -0.145. The van der Waals surface area contributed by atoms with Gasteiger partial charge in [-0.05, 0) is 37.5 Å². The van der Waals surface area contributed by atoms with E-state index in [2.05, 4.69) is 19.2 Å². The van der Waals surface area contributed by atoms with Crippen LogP contribution in [0.2, 0.25) is 0 Å². The number of ether oxygens (including phenoxy) is 1. The molecule has 1 aromatic carbocycles. The summed E-state index contributed by atoms with van der Waals surface area (Å²) in [4.78, 5) is 24.3. The Morgan fingerprint density at radius 2 is 1.34 bits per heavy atom. The van der Waals surface area contributed by atoms with Crippen LogP contribution in [0.25, 0.3) is 0 Å². The van der Waals surface area contributed by atoms with Gasteiger partial charge in [0.15, 0.2) is 0 Å². The van der Waals surface area contributed by atoms with Crippen molar-refractivity contribution in [2.45, 2.75) is 104 Å². The normalized spacial score (nSPS) is 11.8. The third kappa shape index (κ3) is 11.7. The number of rotatable bonds is 16. The van der Waals surface area contributed by atoms with Crippen molar-refractivity contribution in [3.8, 4) is 0 Å². The van der Waals surface area contributed by atoms with Crippen LogP contribution >= 0.6 is 0 Å². The van der Waals surface area contributed by atoms with Gasteiger partial charge in [-0.15, -0.1) is 0 Å². The van der Waals surface area contributed by atoms with Crippen LogP contribution in [-0.2, 0) is 16.0 Å². The van der Waals surface area contributed by atoms with Crippen LogP contribution in [0.3, 0.4) is 0 Å². The van der Waals surface area contributed by atoms with Crippen LogP contribution in [0.4, 0.5) is 0 Å². The van der Waals surface area contributed by atoms with Gasteiger partial charge in [0.2, 0.25) is 0 Å². The largest absolute Gasteiger partial charge is 0.464 e. The SMILES string of the molecule is CCCCCCCCCCCCCOC(=O)C(C)NC(=O)c1ccc(CC)cc1. The van der Waals surface area contributed by atoms with E-state index in [-0.39, 0.29) is 11.9 Å². The molecule has 1 unspecified atom stereocenters. The number of hydrogen-bond donors (Lipinski definition) is 1. The molecule has 1 atom stereocenters. The number of carbonyl (C=O) groups excluding carboxylic acids is 2. The topological polar surface area (TPSA) is 55.4 Å². The van der Waals surface area contributed by atoms with Crippen molar-refractivity contribution in [1.29, 1.82) is 0 Å². The van der Waals surface area contributed by atoms with Gasteiger partial charge in [-0.1, -0.05) is 90.2 Å². The molecule has 0 heterocycles. The summed E-state index contributed by atoms with van der Waals surface area (Å²) in [6.07, 6.45) is 14.8.